The molecule has 1 aliphatic carbocycles. The molecule has 0 spiro atoms. The lowest BCUT2D eigenvalue weighted by molar-refractivity contribution is 0.0600. The van der Waals surface area contributed by atoms with E-state index < -0.39 is 19.2 Å². The monoisotopic (exact) mass is 445 g/mol. The van der Waals surface area contributed by atoms with Gasteiger partial charge in [-0.2, -0.15) is 0 Å². The van der Waals surface area contributed by atoms with E-state index >= 15 is 0 Å². The highest BCUT2D eigenvalue weighted by Crippen LogP contribution is 2.44. The molecular weight excluding hydrogens is 421 g/mol. The van der Waals surface area contributed by atoms with E-state index in [-0.39, 0.29) is 29.2 Å². The zero-order valence-corrected chi connectivity index (χ0v) is 18.6. The third-order valence-corrected chi connectivity index (χ3v) is 6.11. The first-order valence-corrected chi connectivity index (χ1v) is 10.5. The minimum atomic E-state index is -1.82. The summed E-state index contributed by atoms with van der Waals surface area (Å²) < 4.78 is 10.5. The second-order valence-corrected chi connectivity index (χ2v) is 7.94. The number of carbonyl (C=O) groups is 2. The molecule has 0 saturated carbocycles. The average Bonchev–Trinajstić information content (AvgIpc) is 3.15. The zero-order valence-electron chi connectivity index (χ0n) is 18.6. The molecule has 2 N–H and O–H groups in total. The maximum Gasteiger partial charge on any atom is 0.488 e. The molecule has 168 valence electrons. The first-order valence-electron chi connectivity index (χ1n) is 10.5. The maximum atomic E-state index is 12.9. The van der Waals surface area contributed by atoms with E-state index in [1.807, 2.05) is 36.4 Å². The van der Waals surface area contributed by atoms with Gasteiger partial charge in [-0.1, -0.05) is 48.5 Å². The van der Waals surface area contributed by atoms with Crippen molar-refractivity contribution in [1.82, 2.24) is 0 Å². The molecule has 7 nitrogen and oxygen atoms in total. The van der Waals surface area contributed by atoms with Crippen molar-refractivity contribution in [3.8, 4) is 11.1 Å². The highest BCUT2D eigenvalue weighted by atomic mass is 16.6. The van der Waals surface area contributed by atoms with Gasteiger partial charge >= 0.3 is 19.2 Å². The first-order chi connectivity index (χ1) is 15.8. The van der Waals surface area contributed by atoms with E-state index in [2.05, 4.69) is 12.1 Å². The molecule has 1 amide bonds. The summed E-state index contributed by atoms with van der Waals surface area (Å²) in [5.74, 6) is -0.731. The number of ether oxygens (including phenoxy) is 2. The number of rotatable bonds is 5. The number of benzene rings is 3. The molecule has 1 aliphatic rings. The van der Waals surface area contributed by atoms with Crippen molar-refractivity contribution in [2.45, 2.75) is 12.8 Å². The molecule has 0 aliphatic heterocycles. The summed E-state index contributed by atoms with van der Waals surface area (Å²) in [6, 6.07) is 19.0. The minimum Gasteiger partial charge on any atom is -0.465 e. The maximum absolute atomic E-state index is 12.9. The van der Waals surface area contributed by atoms with Crippen molar-refractivity contribution in [2.75, 3.05) is 25.7 Å². The molecule has 0 unspecified atom stereocenters. The Morgan fingerprint density at radius 2 is 1.58 bits per heavy atom. The standard InChI is InChI=1S/C25H24BNO6/c1-15-21(24(28)32-3)12-16(13-23(15)26(30)31)27(2)25(29)33-14-22-19-10-6-4-8-17(19)18-9-5-7-11-20(18)22/h4-13,22,30-31H,14H2,1-3H3. The number of methoxy groups -OCH3 is 1. The van der Waals surface area contributed by atoms with Gasteiger partial charge in [0.1, 0.15) is 6.61 Å². The van der Waals surface area contributed by atoms with Gasteiger partial charge in [-0.25, -0.2) is 9.59 Å². The minimum absolute atomic E-state index is 0.0896. The van der Waals surface area contributed by atoms with Crippen LogP contribution in [-0.4, -0.2) is 50.0 Å². The van der Waals surface area contributed by atoms with Gasteiger partial charge in [0.2, 0.25) is 0 Å². The van der Waals surface area contributed by atoms with E-state index in [0.29, 0.717) is 5.56 Å². The number of esters is 1. The van der Waals surface area contributed by atoms with Crippen LogP contribution in [0.15, 0.2) is 60.7 Å². The van der Waals surface area contributed by atoms with Gasteiger partial charge in [0, 0.05) is 18.7 Å². The fourth-order valence-electron chi connectivity index (χ4n) is 4.30. The summed E-state index contributed by atoms with van der Waals surface area (Å²) in [4.78, 5) is 26.3. The van der Waals surface area contributed by atoms with Crippen molar-refractivity contribution >= 4 is 30.3 Å². The Morgan fingerprint density at radius 1 is 1.00 bits per heavy atom. The van der Waals surface area contributed by atoms with Crippen LogP contribution in [0.25, 0.3) is 11.1 Å². The molecular formula is C25H24BNO6. The topological polar surface area (TPSA) is 96.3 Å². The first kappa shape index (κ1) is 22.6. The van der Waals surface area contributed by atoms with Gasteiger partial charge < -0.3 is 19.5 Å². The molecule has 0 radical (unpaired) electrons. The van der Waals surface area contributed by atoms with Crippen LogP contribution in [0.4, 0.5) is 10.5 Å². The Bertz CT molecular complexity index is 1180. The highest BCUT2D eigenvalue weighted by molar-refractivity contribution is 6.59. The van der Waals surface area contributed by atoms with Crippen LogP contribution in [0.5, 0.6) is 0 Å². The van der Waals surface area contributed by atoms with E-state index in [9.17, 15) is 19.6 Å². The van der Waals surface area contributed by atoms with Gasteiger partial charge in [-0.05, 0) is 52.3 Å². The average molecular weight is 445 g/mol. The zero-order chi connectivity index (χ0) is 23.7. The third-order valence-electron chi connectivity index (χ3n) is 6.11. The predicted octanol–water partition coefficient (Wildman–Crippen LogP) is 2.85. The van der Waals surface area contributed by atoms with Crippen molar-refractivity contribution in [3.63, 3.8) is 0 Å². The van der Waals surface area contributed by atoms with Crippen molar-refractivity contribution in [2.24, 2.45) is 0 Å². The van der Waals surface area contributed by atoms with Gasteiger partial charge in [-0.15, -0.1) is 0 Å². The third kappa shape index (κ3) is 4.10. The fourth-order valence-corrected chi connectivity index (χ4v) is 4.30. The molecule has 0 aromatic heterocycles. The largest absolute Gasteiger partial charge is 0.488 e. The number of amides is 1. The molecule has 3 aromatic rings. The summed E-state index contributed by atoms with van der Waals surface area (Å²) in [6.07, 6.45) is -0.630. The number of anilines is 1. The summed E-state index contributed by atoms with van der Waals surface area (Å²) >= 11 is 0. The number of nitrogens with zero attached hydrogens (tertiary/aromatic N) is 1. The van der Waals surface area contributed by atoms with Crippen molar-refractivity contribution in [3.05, 3.63) is 82.9 Å². The molecule has 0 heterocycles. The second kappa shape index (κ2) is 9.09. The van der Waals surface area contributed by atoms with Crippen LogP contribution in [-0.2, 0) is 9.47 Å². The summed E-state index contributed by atoms with van der Waals surface area (Å²) in [6.45, 7) is 1.72. The van der Waals surface area contributed by atoms with Gasteiger partial charge in [-0.3, -0.25) is 4.90 Å². The quantitative estimate of drug-likeness (QED) is 0.463. The number of carbonyl (C=O) groups excluding carboxylic acids is 2. The number of hydrogen-bond acceptors (Lipinski definition) is 6. The second-order valence-electron chi connectivity index (χ2n) is 7.94. The van der Waals surface area contributed by atoms with Crippen LogP contribution >= 0.6 is 0 Å². The Hall–Kier alpha value is -3.62. The molecule has 0 fully saturated rings. The smallest absolute Gasteiger partial charge is 0.465 e. The SMILES string of the molecule is COC(=O)c1cc(N(C)C(=O)OCC2c3ccccc3-c3ccccc32)cc(B(O)O)c1C. The Labute approximate surface area is 192 Å². The molecule has 0 atom stereocenters. The molecule has 3 aromatic carbocycles. The molecule has 0 saturated heterocycles. The van der Waals surface area contributed by atoms with E-state index in [1.54, 1.807) is 6.92 Å². The summed E-state index contributed by atoms with van der Waals surface area (Å²) in [7, 11) is 0.918. The summed E-state index contributed by atoms with van der Waals surface area (Å²) in [5.41, 5.74) is 5.34. The van der Waals surface area contributed by atoms with Gasteiger partial charge in [0.05, 0.1) is 12.7 Å². The number of fused-ring (bicyclic) bond motifs is 3. The Kier molecular flexibility index (Phi) is 6.22. The lowest BCUT2D eigenvalue weighted by atomic mass is 9.75. The molecule has 8 heteroatoms. The fraction of sp³-hybridized carbons (Fsp3) is 0.200. The van der Waals surface area contributed by atoms with Crippen LogP contribution in [0.2, 0.25) is 0 Å². The number of hydrogen-bond donors (Lipinski definition) is 2. The molecule has 33 heavy (non-hydrogen) atoms. The van der Waals surface area contributed by atoms with E-state index in [1.165, 1.54) is 31.2 Å². The van der Waals surface area contributed by atoms with Crippen LogP contribution in [0.1, 0.15) is 33.0 Å². The Balaban J connectivity index is 1.58. The Morgan fingerprint density at radius 3 is 2.12 bits per heavy atom. The van der Waals surface area contributed by atoms with Gasteiger partial charge in [0.25, 0.3) is 0 Å². The normalized spacial score (nSPS) is 12.0. The van der Waals surface area contributed by atoms with Crippen LogP contribution in [0.3, 0.4) is 0 Å². The van der Waals surface area contributed by atoms with Gasteiger partial charge in [0.15, 0.2) is 0 Å². The lowest BCUT2D eigenvalue weighted by Gasteiger charge is -2.22. The van der Waals surface area contributed by atoms with E-state index in [0.717, 1.165) is 22.3 Å². The highest BCUT2D eigenvalue weighted by Gasteiger charge is 2.30. The van der Waals surface area contributed by atoms with Crippen LogP contribution in [0, 0.1) is 6.92 Å². The predicted molar refractivity (Wildman–Crippen MR) is 126 cm³/mol. The van der Waals surface area contributed by atoms with Crippen molar-refractivity contribution in [1.29, 1.82) is 0 Å². The van der Waals surface area contributed by atoms with Crippen molar-refractivity contribution < 1.29 is 29.1 Å². The van der Waals surface area contributed by atoms with Crippen LogP contribution < -0.4 is 10.4 Å². The molecule has 0 bridgehead atoms. The lowest BCUT2D eigenvalue weighted by Crippen LogP contribution is -2.36. The summed E-state index contributed by atoms with van der Waals surface area (Å²) in [5, 5.41) is 19.5. The molecule has 4 rings (SSSR count). The van der Waals surface area contributed by atoms with E-state index in [4.69, 9.17) is 9.47 Å².